The Hall–Kier alpha value is -0.460. The molecule has 0 unspecified atom stereocenters. The predicted molar refractivity (Wildman–Crippen MR) is 93.3 cm³/mol. The van der Waals surface area contributed by atoms with Crippen LogP contribution in [0.1, 0.15) is 25.3 Å². The molecule has 1 rings (SSSR count). The van der Waals surface area contributed by atoms with E-state index in [2.05, 4.69) is 31.9 Å². The average molecular weight is 477 g/mol. The first-order valence-electron chi connectivity index (χ1n) is 5.93. The third kappa shape index (κ3) is 4.52. The van der Waals surface area contributed by atoms with Crippen LogP contribution >= 0.6 is 31.9 Å². The molecule has 1 aromatic rings. The van der Waals surface area contributed by atoms with Crippen molar-refractivity contribution < 1.29 is 16.8 Å². The topological polar surface area (TPSA) is 146 Å². The molecule has 0 aromatic heterocycles. The summed E-state index contributed by atoms with van der Waals surface area (Å²) in [6.45, 7) is 1.90. The van der Waals surface area contributed by atoms with Gasteiger partial charge in [0.05, 0.1) is 14.0 Å². The Kier molecular flexibility index (Phi) is 6.21. The molecule has 0 aliphatic heterocycles. The lowest BCUT2D eigenvalue weighted by atomic mass is 10.0. The lowest BCUT2D eigenvalue weighted by Gasteiger charge is -2.15. The van der Waals surface area contributed by atoms with Gasteiger partial charge in [-0.15, -0.1) is 0 Å². The lowest BCUT2D eigenvalue weighted by Crippen LogP contribution is -2.19. The molecule has 11 heteroatoms. The summed E-state index contributed by atoms with van der Waals surface area (Å²) in [5.74, 6) is 0. The molecule has 0 amide bonds. The molecule has 22 heavy (non-hydrogen) atoms. The fourth-order valence-electron chi connectivity index (χ4n) is 1.88. The van der Waals surface area contributed by atoms with Gasteiger partial charge in [0.2, 0.25) is 20.0 Å². The van der Waals surface area contributed by atoms with E-state index in [-0.39, 0.29) is 16.1 Å². The van der Waals surface area contributed by atoms with Gasteiger partial charge in [-0.2, -0.15) is 0 Å². The van der Waals surface area contributed by atoms with Crippen LogP contribution in [-0.4, -0.2) is 16.8 Å². The van der Waals surface area contributed by atoms with E-state index >= 15 is 0 Å². The molecule has 6 N–H and O–H groups in total. The Labute approximate surface area is 146 Å². The van der Waals surface area contributed by atoms with Crippen molar-refractivity contribution in [2.45, 2.75) is 29.6 Å². The van der Waals surface area contributed by atoms with Crippen LogP contribution < -0.4 is 16.0 Å². The fourth-order valence-corrected chi connectivity index (χ4v) is 4.22. The Morgan fingerprint density at radius 2 is 1.55 bits per heavy atom. The maximum Gasteiger partial charge on any atom is 0.240 e. The highest BCUT2D eigenvalue weighted by Gasteiger charge is 2.24. The van der Waals surface area contributed by atoms with Crippen molar-refractivity contribution in [1.82, 2.24) is 0 Å². The fraction of sp³-hybridized carbons (Fsp3) is 0.273. The van der Waals surface area contributed by atoms with E-state index in [1.54, 1.807) is 0 Å². The van der Waals surface area contributed by atoms with Crippen molar-refractivity contribution >= 4 is 63.2 Å². The second kappa shape index (κ2) is 6.97. The zero-order valence-electron chi connectivity index (χ0n) is 11.5. The monoisotopic (exact) mass is 475 g/mol. The van der Waals surface area contributed by atoms with E-state index in [1.807, 2.05) is 6.92 Å². The molecule has 0 fully saturated rings. The molecule has 0 radical (unpaired) electrons. The van der Waals surface area contributed by atoms with Crippen LogP contribution in [0.2, 0.25) is 0 Å². The van der Waals surface area contributed by atoms with E-state index < -0.39 is 24.9 Å². The molecule has 124 valence electrons. The number of halogens is 2. The normalized spacial score (nSPS) is 12.2. The average Bonchev–Trinajstić information content (AvgIpc) is 2.32. The van der Waals surface area contributed by atoms with Gasteiger partial charge in [0.15, 0.2) is 0 Å². The van der Waals surface area contributed by atoms with Crippen molar-refractivity contribution in [1.29, 1.82) is 0 Å². The minimum absolute atomic E-state index is 0.153. The summed E-state index contributed by atoms with van der Waals surface area (Å²) in [6.07, 6.45) is 1.24. The zero-order chi connectivity index (χ0) is 17.3. The van der Waals surface area contributed by atoms with Crippen LogP contribution in [0.5, 0.6) is 0 Å². The Balaban J connectivity index is 3.88. The zero-order valence-corrected chi connectivity index (χ0v) is 16.3. The first kappa shape index (κ1) is 19.6. The second-order valence-corrected chi connectivity index (χ2v) is 10.2. The first-order chi connectivity index (χ1) is 9.89. The third-order valence-corrected chi connectivity index (χ3v) is 5.65. The molecule has 0 saturated carbocycles. The number of anilines is 1. The minimum atomic E-state index is -4.18. The number of primary sulfonamides is 2. The molecule has 0 aliphatic rings. The van der Waals surface area contributed by atoms with Gasteiger partial charge < -0.3 is 5.73 Å². The van der Waals surface area contributed by atoms with Crippen molar-refractivity contribution in [3.8, 4) is 0 Å². The van der Waals surface area contributed by atoms with Gasteiger partial charge in [0.1, 0.15) is 4.90 Å². The highest BCUT2D eigenvalue weighted by Crippen LogP contribution is 2.37. The number of hydrogen-bond donors (Lipinski definition) is 3. The first-order valence-corrected chi connectivity index (χ1v) is 10.6. The predicted octanol–water partition coefficient (Wildman–Crippen LogP) is 1.82. The number of nitrogen functional groups attached to an aromatic ring is 1. The van der Waals surface area contributed by atoms with Gasteiger partial charge in [-0.05, 0) is 56.0 Å². The summed E-state index contributed by atoms with van der Waals surface area (Å²) in [5.41, 5.74) is 6.37. The van der Waals surface area contributed by atoms with E-state index in [1.165, 1.54) is 6.07 Å². The van der Waals surface area contributed by atoms with Gasteiger partial charge in [0, 0.05) is 5.56 Å². The summed E-state index contributed by atoms with van der Waals surface area (Å²) >= 11 is 6.48. The van der Waals surface area contributed by atoms with Crippen LogP contribution in [0.3, 0.4) is 0 Å². The Morgan fingerprint density at radius 1 is 1.05 bits per heavy atom. The lowest BCUT2D eigenvalue weighted by molar-refractivity contribution is 0.596. The maximum atomic E-state index is 11.8. The smallest absolute Gasteiger partial charge is 0.240 e. The van der Waals surface area contributed by atoms with Crippen molar-refractivity contribution in [2.75, 3.05) is 5.73 Å². The summed E-state index contributed by atoms with van der Waals surface area (Å²) in [7, 11) is -8.36. The Bertz CT molecular complexity index is 829. The van der Waals surface area contributed by atoms with Crippen LogP contribution in [0.4, 0.5) is 5.69 Å². The van der Waals surface area contributed by atoms with Gasteiger partial charge in [-0.25, -0.2) is 27.1 Å². The van der Waals surface area contributed by atoms with Gasteiger partial charge >= 0.3 is 0 Å². The molecule has 0 heterocycles. The van der Waals surface area contributed by atoms with Crippen molar-refractivity contribution in [3.05, 3.63) is 21.1 Å². The van der Waals surface area contributed by atoms with Gasteiger partial charge in [-0.1, -0.05) is 13.3 Å². The maximum absolute atomic E-state index is 11.8. The molecular weight excluding hydrogens is 462 g/mol. The summed E-state index contributed by atoms with van der Waals surface area (Å²) in [4.78, 5) is -0.840. The molecule has 7 nitrogen and oxygen atoms in total. The molecule has 0 atom stereocenters. The number of hydrogen-bond acceptors (Lipinski definition) is 5. The quantitative estimate of drug-likeness (QED) is 0.554. The highest BCUT2D eigenvalue weighted by molar-refractivity contribution is 9.28. The van der Waals surface area contributed by atoms with Crippen LogP contribution in [-0.2, 0) is 20.0 Å². The van der Waals surface area contributed by atoms with E-state index in [4.69, 9.17) is 16.0 Å². The highest BCUT2D eigenvalue weighted by atomic mass is 79.9. The summed E-state index contributed by atoms with van der Waals surface area (Å²) in [6, 6.07) is 2.13. The van der Waals surface area contributed by atoms with Gasteiger partial charge in [0.25, 0.3) is 0 Å². The van der Waals surface area contributed by atoms with Crippen LogP contribution in [0.25, 0.3) is 5.57 Å². The summed E-state index contributed by atoms with van der Waals surface area (Å²) < 4.78 is 47.2. The van der Waals surface area contributed by atoms with Crippen LogP contribution in [0, 0.1) is 0 Å². The molecule has 0 spiro atoms. The molecule has 0 saturated heterocycles. The van der Waals surface area contributed by atoms with E-state index in [0.29, 0.717) is 15.4 Å². The molecule has 0 aliphatic carbocycles. The number of sulfonamides is 2. The van der Waals surface area contributed by atoms with Crippen LogP contribution in [0.15, 0.2) is 25.3 Å². The number of rotatable bonds is 5. The molecule has 1 aromatic carbocycles. The molecule has 0 bridgehead atoms. The van der Waals surface area contributed by atoms with E-state index in [9.17, 15) is 16.8 Å². The van der Waals surface area contributed by atoms with E-state index in [0.717, 1.165) is 12.5 Å². The van der Waals surface area contributed by atoms with Crippen molar-refractivity contribution in [2.24, 2.45) is 10.3 Å². The third-order valence-electron chi connectivity index (χ3n) is 2.78. The summed E-state index contributed by atoms with van der Waals surface area (Å²) in [5, 5.41) is 10.2. The minimum Gasteiger partial charge on any atom is -0.398 e. The van der Waals surface area contributed by atoms with Crippen molar-refractivity contribution in [3.63, 3.8) is 0 Å². The number of benzene rings is 1. The Morgan fingerprint density at radius 3 is 1.91 bits per heavy atom. The SMILES string of the molecule is CCCC(=C(Br)Br)c1cc(N)c(S(N)(=O)=O)cc1S(N)(=O)=O. The number of nitrogens with two attached hydrogens (primary N) is 3. The van der Waals surface area contributed by atoms with Gasteiger partial charge in [-0.3, -0.25) is 0 Å². The second-order valence-electron chi connectivity index (χ2n) is 4.47. The standard InChI is InChI=1S/C11H15Br2N3O4S2/c1-2-3-6(11(12)13)7-4-8(14)10(22(16,19)20)5-9(7)21(15,17)18/h4-5H,2-3,14H2,1H3,(H2,15,17,18)(H2,16,19,20). The molecular formula is C11H15Br2N3O4S2. The number of allylic oxidation sites excluding steroid dienone is 1. The largest absolute Gasteiger partial charge is 0.398 e.